The summed E-state index contributed by atoms with van der Waals surface area (Å²) in [6.45, 7) is 4.26. The van der Waals surface area contributed by atoms with Crippen LogP contribution in [-0.4, -0.2) is 0 Å². The molecule has 0 saturated heterocycles. The second kappa shape index (κ2) is 5.62. The lowest BCUT2D eigenvalue weighted by Gasteiger charge is -1.99. The third-order valence-electron chi connectivity index (χ3n) is 1.22. The van der Waals surface area contributed by atoms with E-state index in [-0.39, 0.29) is 0 Å². The van der Waals surface area contributed by atoms with E-state index in [0.717, 1.165) is 6.42 Å². The minimum Gasteiger partial charge on any atom is -0.198 e. The molecule has 0 atom stereocenters. The fourth-order valence-corrected chi connectivity index (χ4v) is 0.683. The molecule has 0 aliphatic carbocycles. The Balaban J connectivity index is 2.85. The molecule has 0 N–H and O–H groups in total. The third kappa shape index (κ3) is 7.49. The third-order valence-corrected chi connectivity index (χ3v) is 1.22. The zero-order valence-corrected chi connectivity index (χ0v) is 6.28. The van der Waals surface area contributed by atoms with Crippen LogP contribution in [0.3, 0.4) is 0 Å². The minimum absolute atomic E-state index is 0.716. The highest BCUT2D eigenvalue weighted by atomic mass is 14.2. The normalized spacial score (nSPS) is 9.56. The van der Waals surface area contributed by atoms with Crippen LogP contribution in [0.15, 0.2) is 0 Å². The number of unbranched alkanes of at least 4 members (excludes halogenated alkanes) is 2. The van der Waals surface area contributed by atoms with Crippen molar-refractivity contribution in [2.24, 2.45) is 0 Å². The SMILES string of the molecule is C[C](C)CCCCC#N. The Labute approximate surface area is 57.7 Å². The molecule has 0 fully saturated rings. The first-order valence-electron chi connectivity index (χ1n) is 3.43. The standard InChI is InChI=1S/C8H14N/c1-8(2)6-4-3-5-7-9/h3-6H2,1-2H3. The van der Waals surface area contributed by atoms with Gasteiger partial charge in [-0.3, -0.25) is 0 Å². The Bertz CT molecular complexity index is 89.2. The van der Waals surface area contributed by atoms with Gasteiger partial charge in [0.1, 0.15) is 0 Å². The van der Waals surface area contributed by atoms with Crippen LogP contribution in [0.5, 0.6) is 0 Å². The Kier molecular flexibility index (Phi) is 5.30. The predicted molar refractivity (Wildman–Crippen MR) is 38.7 cm³/mol. The maximum Gasteiger partial charge on any atom is 0.0621 e. The topological polar surface area (TPSA) is 23.8 Å². The Morgan fingerprint density at radius 3 is 2.44 bits per heavy atom. The monoisotopic (exact) mass is 124 g/mol. The molecule has 1 heteroatoms. The van der Waals surface area contributed by atoms with Crippen molar-refractivity contribution in [2.45, 2.75) is 39.5 Å². The molecule has 0 rings (SSSR count). The first kappa shape index (κ1) is 8.49. The van der Waals surface area contributed by atoms with Gasteiger partial charge in [0.2, 0.25) is 0 Å². The summed E-state index contributed by atoms with van der Waals surface area (Å²) in [4.78, 5) is 0. The average Bonchev–Trinajstić information content (AvgIpc) is 1.80. The van der Waals surface area contributed by atoms with Gasteiger partial charge in [-0.15, -0.1) is 0 Å². The maximum atomic E-state index is 8.17. The molecule has 1 nitrogen and oxygen atoms in total. The van der Waals surface area contributed by atoms with E-state index in [1.807, 2.05) is 0 Å². The van der Waals surface area contributed by atoms with Crippen LogP contribution in [0.25, 0.3) is 0 Å². The van der Waals surface area contributed by atoms with Crippen molar-refractivity contribution in [3.8, 4) is 6.07 Å². The van der Waals surface area contributed by atoms with Gasteiger partial charge in [0.05, 0.1) is 6.07 Å². The summed E-state index contributed by atoms with van der Waals surface area (Å²) in [6, 6.07) is 2.13. The van der Waals surface area contributed by atoms with E-state index in [0.29, 0.717) is 6.42 Å². The summed E-state index contributed by atoms with van der Waals surface area (Å²) in [5, 5.41) is 8.17. The summed E-state index contributed by atoms with van der Waals surface area (Å²) in [5.74, 6) is 1.47. The smallest absolute Gasteiger partial charge is 0.0621 e. The first-order chi connectivity index (χ1) is 4.27. The summed E-state index contributed by atoms with van der Waals surface area (Å²) < 4.78 is 0. The van der Waals surface area contributed by atoms with Gasteiger partial charge in [0, 0.05) is 6.42 Å². The van der Waals surface area contributed by atoms with Crippen molar-refractivity contribution in [1.29, 1.82) is 5.26 Å². The lowest BCUT2D eigenvalue weighted by atomic mass is 10.1. The number of nitrogens with zero attached hydrogens (tertiary/aromatic N) is 1. The molecule has 0 saturated carbocycles. The molecule has 0 aromatic rings. The van der Waals surface area contributed by atoms with E-state index in [2.05, 4.69) is 19.9 Å². The van der Waals surface area contributed by atoms with Crippen molar-refractivity contribution in [3.05, 3.63) is 5.92 Å². The van der Waals surface area contributed by atoms with Crippen molar-refractivity contribution in [3.63, 3.8) is 0 Å². The number of rotatable bonds is 4. The van der Waals surface area contributed by atoms with Gasteiger partial charge in [0.25, 0.3) is 0 Å². The molecule has 0 aliphatic heterocycles. The van der Waals surface area contributed by atoms with Gasteiger partial charge < -0.3 is 0 Å². The van der Waals surface area contributed by atoms with E-state index in [1.165, 1.54) is 18.8 Å². The van der Waals surface area contributed by atoms with Crippen LogP contribution in [0, 0.1) is 17.2 Å². The molecule has 0 aromatic carbocycles. The van der Waals surface area contributed by atoms with E-state index in [1.54, 1.807) is 0 Å². The number of hydrogen-bond acceptors (Lipinski definition) is 1. The van der Waals surface area contributed by atoms with Crippen molar-refractivity contribution in [2.75, 3.05) is 0 Å². The molecule has 9 heavy (non-hydrogen) atoms. The molecule has 0 aromatic heterocycles. The Hall–Kier alpha value is -0.510. The van der Waals surface area contributed by atoms with E-state index in [9.17, 15) is 0 Å². The van der Waals surface area contributed by atoms with Crippen LogP contribution < -0.4 is 0 Å². The fraction of sp³-hybridized carbons (Fsp3) is 0.750. The van der Waals surface area contributed by atoms with Gasteiger partial charge in [-0.25, -0.2) is 0 Å². The molecule has 0 spiro atoms. The number of hydrogen-bond donors (Lipinski definition) is 0. The lowest BCUT2D eigenvalue weighted by Crippen LogP contribution is -1.83. The van der Waals surface area contributed by atoms with Crippen LogP contribution in [0.4, 0.5) is 0 Å². The first-order valence-corrected chi connectivity index (χ1v) is 3.43. The highest BCUT2D eigenvalue weighted by Crippen LogP contribution is 2.08. The molecule has 0 bridgehead atoms. The fourth-order valence-electron chi connectivity index (χ4n) is 0.683. The van der Waals surface area contributed by atoms with Crippen LogP contribution in [0.2, 0.25) is 0 Å². The maximum absolute atomic E-state index is 8.17. The summed E-state index contributed by atoms with van der Waals surface area (Å²) in [7, 11) is 0. The Morgan fingerprint density at radius 2 is 2.00 bits per heavy atom. The van der Waals surface area contributed by atoms with Gasteiger partial charge in [-0.2, -0.15) is 5.26 Å². The summed E-state index contributed by atoms with van der Waals surface area (Å²) in [6.07, 6.45) is 4.13. The van der Waals surface area contributed by atoms with Crippen molar-refractivity contribution >= 4 is 0 Å². The zero-order valence-electron chi connectivity index (χ0n) is 6.28. The Morgan fingerprint density at radius 1 is 1.33 bits per heavy atom. The molecular weight excluding hydrogens is 110 g/mol. The van der Waals surface area contributed by atoms with Crippen LogP contribution in [-0.2, 0) is 0 Å². The average molecular weight is 124 g/mol. The molecule has 1 radical (unpaired) electrons. The van der Waals surface area contributed by atoms with Crippen LogP contribution in [0.1, 0.15) is 39.5 Å². The van der Waals surface area contributed by atoms with Gasteiger partial charge in [0.15, 0.2) is 0 Å². The lowest BCUT2D eigenvalue weighted by molar-refractivity contribution is 0.701. The number of nitriles is 1. The largest absolute Gasteiger partial charge is 0.198 e. The summed E-state index contributed by atoms with van der Waals surface area (Å²) >= 11 is 0. The second-order valence-electron chi connectivity index (χ2n) is 2.57. The molecule has 0 amide bonds. The predicted octanol–water partition coefficient (Wildman–Crippen LogP) is 2.68. The highest BCUT2D eigenvalue weighted by Gasteiger charge is 1.92. The van der Waals surface area contributed by atoms with Crippen molar-refractivity contribution < 1.29 is 0 Å². The molecule has 51 valence electrons. The minimum atomic E-state index is 0.716. The van der Waals surface area contributed by atoms with Gasteiger partial charge >= 0.3 is 0 Å². The van der Waals surface area contributed by atoms with Crippen molar-refractivity contribution in [1.82, 2.24) is 0 Å². The molecular formula is C8H14N. The molecule has 0 unspecified atom stereocenters. The molecule has 0 heterocycles. The van der Waals surface area contributed by atoms with E-state index >= 15 is 0 Å². The highest BCUT2D eigenvalue weighted by molar-refractivity contribution is 4.77. The quantitative estimate of drug-likeness (QED) is 0.528. The summed E-state index contributed by atoms with van der Waals surface area (Å²) in [5.41, 5.74) is 0. The van der Waals surface area contributed by atoms with Gasteiger partial charge in [-0.1, -0.05) is 20.3 Å². The second-order valence-corrected chi connectivity index (χ2v) is 2.57. The van der Waals surface area contributed by atoms with E-state index in [4.69, 9.17) is 5.26 Å². The zero-order chi connectivity index (χ0) is 7.11. The van der Waals surface area contributed by atoms with Crippen LogP contribution >= 0.6 is 0 Å². The molecule has 0 aliphatic rings. The van der Waals surface area contributed by atoms with E-state index < -0.39 is 0 Å². The van der Waals surface area contributed by atoms with Gasteiger partial charge in [-0.05, 0) is 18.8 Å².